The molecule has 0 aliphatic carbocycles. The number of alkyl halides is 3. The van der Waals surface area contributed by atoms with Crippen LogP contribution in [-0.2, 0) is 0 Å². The average molecular weight is 471 g/mol. The molecule has 0 fully saturated rings. The minimum atomic E-state index is -4.31. The molecule has 0 bridgehead atoms. The highest BCUT2D eigenvalue weighted by Crippen LogP contribution is 2.32. The molecular weight excluding hydrogens is 450 g/mol. The van der Waals surface area contributed by atoms with Crippen molar-refractivity contribution in [2.45, 2.75) is 26.4 Å². The lowest BCUT2D eigenvalue weighted by molar-refractivity contribution is -0.131. The first-order chi connectivity index (χ1) is 16.1. The zero-order chi connectivity index (χ0) is 24.5. The second kappa shape index (κ2) is 9.17. The molecule has 4 aromatic rings. The summed E-state index contributed by atoms with van der Waals surface area (Å²) in [5, 5.41) is 2.78. The molecule has 0 saturated heterocycles. The number of benzene rings is 2. The van der Waals surface area contributed by atoms with Crippen LogP contribution in [0.5, 0.6) is 11.5 Å². The van der Waals surface area contributed by atoms with E-state index in [1.54, 1.807) is 35.0 Å². The third-order valence-corrected chi connectivity index (χ3v) is 5.24. The number of ketones is 1. The number of aromatic nitrogens is 2. The molecule has 9 heteroatoms. The van der Waals surface area contributed by atoms with Gasteiger partial charge in [-0.2, -0.15) is 13.2 Å². The Balaban J connectivity index is 1.78. The molecule has 0 atom stereocenters. The Morgan fingerprint density at radius 1 is 1.12 bits per heavy atom. The van der Waals surface area contributed by atoms with Crippen molar-refractivity contribution in [3.05, 3.63) is 77.9 Å². The van der Waals surface area contributed by atoms with E-state index in [4.69, 9.17) is 4.74 Å². The van der Waals surface area contributed by atoms with Crippen molar-refractivity contribution in [3.63, 3.8) is 0 Å². The molecule has 0 unspecified atom stereocenters. The molecule has 5 nitrogen and oxygen atoms in total. The van der Waals surface area contributed by atoms with Crippen molar-refractivity contribution < 1.29 is 27.1 Å². The van der Waals surface area contributed by atoms with E-state index >= 15 is 0 Å². The number of nitrogens with zero attached hydrogens (tertiary/aromatic N) is 2. The summed E-state index contributed by atoms with van der Waals surface area (Å²) >= 11 is 0. The van der Waals surface area contributed by atoms with Crippen LogP contribution in [0, 0.1) is 12.7 Å². The highest BCUT2D eigenvalue weighted by Gasteiger charge is 2.26. The Morgan fingerprint density at radius 2 is 1.91 bits per heavy atom. The van der Waals surface area contributed by atoms with E-state index in [0.717, 1.165) is 11.1 Å². The molecular formula is C25H21F4N3O2. The Hall–Kier alpha value is -3.88. The number of aryl methyl sites for hydroxylation is 1. The van der Waals surface area contributed by atoms with Crippen LogP contribution in [0.1, 0.15) is 29.3 Å². The van der Waals surface area contributed by atoms with Gasteiger partial charge in [0.15, 0.2) is 11.4 Å². The van der Waals surface area contributed by atoms with Crippen molar-refractivity contribution in [2.24, 2.45) is 0 Å². The van der Waals surface area contributed by atoms with E-state index < -0.39 is 18.4 Å². The Morgan fingerprint density at radius 3 is 2.59 bits per heavy atom. The number of imidazole rings is 1. The van der Waals surface area contributed by atoms with E-state index in [2.05, 4.69) is 10.3 Å². The number of anilines is 1. The molecule has 0 aliphatic rings. The Kier molecular flexibility index (Phi) is 6.28. The summed E-state index contributed by atoms with van der Waals surface area (Å²) in [7, 11) is 0. The van der Waals surface area contributed by atoms with Crippen molar-refractivity contribution in [1.29, 1.82) is 0 Å². The van der Waals surface area contributed by atoms with Crippen molar-refractivity contribution >= 4 is 17.1 Å². The van der Waals surface area contributed by atoms with Crippen LogP contribution in [0.3, 0.4) is 0 Å². The number of nitrogens with one attached hydrogen (secondary N) is 1. The Labute approximate surface area is 193 Å². The molecule has 2 aromatic carbocycles. The number of pyridine rings is 1. The molecule has 0 aliphatic heterocycles. The van der Waals surface area contributed by atoms with Gasteiger partial charge in [0.1, 0.15) is 17.3 Å². The van der Waals surface area contributed by atoms with Crippen LogP contribution < -0.4 is 10.1 Å². The highest BCUT2D eigenvalue weighted by atomic mass is 19.4. The van der Waals surface area contributed by atoms with E-state index in [1.807, 2.05) is 13.0 Å². The van der Waals surface area contributed by atoms with Gasteiger partial charge in [0.2, 0.25) is 0 Å². The summed E-state index contributed by atoms with van der Waals surface area (Å²) in [6, 6.07) is 12.4. The maximum atomic E-state index is 13.6. The lowest BCUT2D eigenvalue weighted by atomic mass is 10.0. The lowest BCUT2D eigenvalue weighted by Gasteiger charge is -2.14. The lowest BCUT2D eigenvalue weighted by Crippen LogP contribution is -2.15. The zero-order valence-corrected chi connectivity index (χ0v) is 18.4. The number of hydrogen-bond donors (Lipinski definition) is 1. The summed E-state index contributed by atoms with van der Waals surface area (Å²) in [6.45, 7) is 2.97. The summed E-state index contributed by atoms with van der Waals surface area (Å²) in [4.78, 5) is 16.2. The topological polar surface area (TPSA) is 55.6 Å². The predicted octanol–water partition coefficient (Wildman–Crippen LogP) is 6.81. The summed E-state index contributed by atoms with van der Waals surface area (Å²) in [5.74, 6) is -0.0107. The van der Waals surface area contributed by atoms with Gasteiger partial charge in [-0.15, -0.1) is 0 Å². The molecule has 34 heavy (non-hydrogen) atoms. The summed E-state index contributed by atoms with van der Waals surface area (Å²) in [6.07, 6.45) is -2.10. The fourth-order valence-electron chi connectivity index (χ4n) is 3.69. The molecule has 0 amide bonds. The quantitative estimate of drug-likeness (QED) is 0.238. The van der Waals surface area contributed by atoms with Gasteiger partial charge in [-0.05, 0) is 37.6 Å². The fraction of sp³-hybridized carbons (Fsp3) is 0.200. The van der Waals surface area contributed by atoms with Gasteiger partial charge in [-0.25, -0.2) is 9.37 Å². The van der Waals surface area contributed by atoms with Crippen LogP contribution >= 0.6 is 0 Å². The normalized spacial score (nSPS) is 11.6. The Bertz CT molecular complexity index is 1360. The maximum Gasteiger partial charge on any atom is 0.390 e. The third kappa shape index (κ3) is 5.19. The van der Waals surface area contributed by atoms with Crippen molar-refractivity contribution in [3.8, 4) is 22.8 Å². The molecule has 176 valence electrons. The van der Waals surface area contributed by atoms with Crippen LogP contribution in [0.4, 0.5) is 23.2 Å². The summed E-state index contributed by atoms with van der Waals surface area (Å²) in [5.41, 5.74) is 3.53. The number of rotatable bonds is 7. The molecule has 2 heterocycles. The number of carbonyl (C=O) groups is 1. The van der Waals surface area contributed by atoms with E-state index in [1.165, 1.54) is 31.2 Å². The monoisotopic (exact) mass is 471 g/mol. The van der Waals surface area contributed by atoms with E-state index in [9.17, 15) is 22.4 Å². The second-order valence-electron chi connectivity index (χ2n) is 7.86. The molecule has 0 spiro atoms. The first kappa shape index (κ1) is 23.3. The standard InChI is InChI=1S/C25H21F4N3O2/c1-15-10-17(6-7-21(15)16(2)33)23-13-31-24-22(30-9-8-25(27,28)29)12-20(14-32(23)24)34-19-5-3-4-18(26)11-19/h3-7,10-14,30H,8-9H2,1-2H3. The molecule has 1 N–H and O–H groups in total. The van der Waals surface area contributed by atoms with Crippen LogP contribution in [-0.4, -0.2) is 27.9 Å². The minimum Gasteiger partial charge on any atom is -0.456 e. The SMILES string of the molecule is CC(=O)c1ccc(-c2cnc3c(NCCC(F)(F)F)cc(Oc4cccc(F)c4)cn23)cc1C. The largest absolute Gasteiger partial charge is 0.456 e. The smallest absolute Gasteiger partial charge is 0.390 e. The van der Waals surface area contributed by atoms with Gasteiger partial charge in [0.05, 0.1) is 30.2 Å². The van der Waals surface area contributed by atoms with Gasteiger partial charge in [0, 0.05) is 29.8 Å². The zero-order valence-electron chi connectivity index (χ0n) is 18.4. The van der Waals surface area contributed by atoms with Gasteiger partial charge in [-0.3, -0.25) is 9.20 Å². The van der Waals surface area contributed by atoms with Crippen LogP contribution in [0.2, 0.25) is 0 Å². The number of ether oxygens (including phenoxy) is 1. The van der Waals surface area contributed by atoms with Gasteiger partial charge in [-0.1, -0.05) is 18.2 Å². The van der Waals surface area contributed by atoms with Crippen molar-refractivity contribution in [2.75, 3.05) is 11.9 Å². The predicted molar refractivity (Wildman–Crippen MR) is 121 cm³/mol. The third-order valence-electron chi connectivity index (χ3n) is 5.24. The number of Topliss-reactive ketones (excluding diaryl/α,β-unsaturated/α-hetero) is 1. The molecule has 4 rings (SSSR count). The number of fused-ring (bicyclic) bond motifs is 1. The first-order valence-electron chi connectivity index (χ1n) is 10.5. The molecule has 2 aromatic heterocycles. The minimum absolute atomic E-state index is 0.0517. The summed E-state index contributed by atoms with van der Waals surface area (Å²) < 4.78 is 59.1. The van der Waals surface area contributed by atoms with E-state index in [-0.39, 0.29) is 23.8 Å². The van der Waals surface area contributed by atoms with Gasteiger partial charge >= 0.3 is 6.18 Å². The van der Waals surface area contributed by atoms with Gasteiger partial charge < -0.3 is 10.1 Å². The number of halogens is 4. The van der Waals surface area contributed by atoms with Crippen molar-refractivity contribution in [1.82, 2.24) is 9.38 Å². The number of carbonyl (C=O) groups excluding carboxylic acids is 1. The second-order valence-corrected chi connectivity index (χ2v) is 7.86. The van der Waals surface area contributed by atoms with Gasteiger partial charge in [0.25, 0.3) is 0 Å². The molecule has 0 saturated carbocycles. The fourth-order valence-corrected chi connectivity index (χ4v) is 3.69. The average Bonchev–Trinajstić information content (AvgIpc) is 3.16. The van der Waals surface area contributed by atoms with Crippen LogP contribution in [0.25, 0.3) is 16.9 Å². The maximum absolute atomic E-state index is 13.6. The van der Waals surface area contributed by atoms with E-state index in [0.29, 0.717) is 22.6 Å². The number of hydrogen-bond acceptors (Lipinski definition) is 4. The molecule has 0 radical (unpaired) electrons. The first-order valence-corrected chi connectivity index (χ1v) is 10.5. The van der Waals surface area contributed by atoms with Crippen LogP contribution in [0.15, 0.2) is 60.9 Å². The highest BCUT2D eigenvalue weighted by molar-refractivity contribution is 5.96.